The predicted molar refractivity (Wildman–Crippen MR) is 85.3 cm³/mol. The summed E-state index contributed by atoms with van der Waals surface area (Å²) in [6, 6.07) is 5.63. The highest BCUT2D eigenvalue weighted by molar-refractivity contribution is 9.11. The van der Waals surface area contributed by atoms with E-state index in [1.807, 2.05) is 18.2 Å². The van der Waals surface area contributed by atoms with E-state index in [-0.39, 0.29) is 5.91 Å². The van der Waals surface area contributed by atoms with E-state index in [1.54, 1.807) is 0 Å². The maximum Gasteiger partial charge on any atom is 0.251 e. The maximum atomic E-state index is 12.1. The lowest BCUT2D eigenvalue weighted by Gasteiger charge is -2.28. The van der Waals surface area contributed by atoms with Crippen molar-refractivity contribution in [1.29, 1.82) is 0 Å². The van der Waals surface area contributed by atoms with Crippen LogP contribution in [0.15, 0.2) is 27.1 Å². The van der Waals surface area contributed by atoms with Crippen molar-refractivity contribution in [2.24, 2.45) is 11.8 Å². The van der Waals surface area contributed by atoms with Gasteiger partial charge in [-0.05, 0) is 36.5 Å². The average molecular weight is 389 g/mol. The lowest BCUT2D eigenvalue weighted by atomic mass is 9.80. The summed E-state index contributed by atoms with van der Waals surface area (Å²) in [7, 11) is 0. The summed E-state index contributed by atoms with van der Waals surface area (Å²) in [5.74, 6) is 1.37. The number of carbonyl (C=O) groups excluding carboxylic acids is 1. The number of benzene rings is 1. The van der Waals surface area contributed by atoms with Crippen LogP contribution in [0.1, 0.15) is 43.0 Å². The summed E-state index contributed by atoms with van der Waals surface area (Å²) in [6.45, 7) is 3.09. The zero-order valence-electron chi connectivity index (χ0n) is 11.1. The normalized spacial score (nSPS) is 23.1. The Morgan fingerprint density at radius 1 is 1.21 bits per heavy atom. The molecule has 1 saturated carbocycles. The zero-order chi connectivity index (χ0) is 13.8. The molecule has 4 heteroatoms. The van der Waals surface area contributed by atoms with Crippen molar-refractivity contribution in [2.75, 3.05) is 6.54 Å². The summed E-state index contributed by atoms with van der Waals surface area (Å²) in [5.41, 5.74) is 0.699. The monoisotopic (exact) mass is 387 g/mol. The molecule has 1 fully saturated rings. The first-order valence-corrected chi connectivity index (χ1v) is 8.39. The van der Waals surface area contributed by atoms with Crippen molar-refractivity contribution >= 4 is 37.8 Å². The van der Waals surface area contributed by atoms with Gasteiger partial charge in [0.05, 0.1) is 0 Å². The molecular formula is C15H19Br2NO. The molecule has 2 rings (SSSR count). The second-order valence-corrected chi connectivity index (χ2v) is 7.22. The summed E-state index contributed by atoms with van der Waals surface area (Å²) in [6.07, 6.45) is 5.17. The first-order chi connectivity index (χ1) is 9.06. The molecule has 2 unspecified atom stereocenters. The van der Waals surface area contributed by atoms with Gasteiger partial charge in [0.2, 0.25) is 0 Å². The quantitative estimate of drug-likeness (QED) is 0.793. The summed E-state index contributed by atoms with van der Waals surface area (Å²) >= 11 is 6.82. The molecule has 2 nitrogen and oxygen atoms in total. The number of carbonyl (C=O) groups is 1. The fourth-order valence-corrected chi connectivity index (χ4v) is 4.00. The van der Waals surface area contributed by atoms with E-state index in [1.165, 1.54) is 25.7 Å². The van der Waals surface area contributed by atoms with Gasteiger partial charge in [-0.2, -0.15) is 0 Å². The number of hydrogen-bond donors (Lipinski definition) is 1. The van der Waals surface area contributed by atoms with Crippen LogP contribution >= 0.6 is 31.9 Å². The van der Waals surface area contributed by atoms with Gasteiger partial charge in [-0.15, -0.1) is 0 Å². The Kier molecular flexibility index (Phi) is 5.46. The standard InChI is InChI=1S/C15H19Br2NO/c1-10-4-2-3-5-11(10)9-18-15(19)12-6-13(16)8-14(17)7-12/h6-8,10-11H,2-5,9H2,1H3,(H,18,19). The van der Waals surface area contributed by atoms with Crippen LogP contribution in [0.4, 0.5) is 0 Å². The third-order valence-corrected chi connectivity index (χ3v) is 4.85. The number of halogens is 2. The Morgan fingerprint density at radius 2 is 1.84 bits per heavy atom. The van der Waals surface area contributed by atoms with E-state index in [2.05, 4.69) is 44.1 Å². The van der Waals surface area contributed by atoms with E-state index in [4.69, 9.17) is 0 Å². The SMILES string of the molecule is CC1CCCCC1CNC(=O)c1cc(Br)cc(Br)c1. The van der Waals surface area contributed by atoms with Crippen LogP contribution in [0, 0.1) is 11.8 Å². The molecule has 0 saturated heterocycles. The van der Waals surface area contributed by atoms with Crippen LogP contribution in [0.25, 0.3) is 0 Å². The molecule has 1 aliphatic carbocycles. The Balaban J connectivity index is 1.93. The highest BCUT2D eigenvalue weighted by Crippen LogP contribution is 2.29. The van der Waals surface area contributed by atoms with Gasteiger partial charge in [-0.3, -0.25) is 4.79 Å². The van der Waals surface area contributed by atoms with Gasteiger partial charge in [0.15, 0.2) is 0 Å². The van der Waals surface area contributed by atoms with E-state index in [0.717, 1.165) is 21.4 Å². The molecule has 2 atom stereocenters. The highest BCUT2D eigenvalue weighted by atomic mass is 79.9. The summed E-state index contributed by atoms with van der Waals surface area (Å²) in [4.78, 5) is 12.1. The van der Waals surface area contributed by atoms with Crippen LogP contribution in [-0.4, -0.2) is 12.5 Å². The Hall–Kier alpha value is -0.350. The van der Waals surface area contributed by atoms with Gasteiger partial charge in [-0.25, -0.2) is 0 Å². The van der Waals surface area contributed by atoms with Crippen LogP contribution in [-0.2, 0) is 0 Å². The van der Waals surface area contributed by atoms with E-state index in [0.29, 0.717) is 11.5 Å². The minimum atomic E-state index is 0.0137. The van der Waals surface area contributed by atoms with Gasteiger partial charge in [0.1, 0.15) is 0 Å². The van der Waals surface area contributed by atoms with Crippen molar-refractivity contribution < 1.29 is 4.79 Å². The smallest absolute Gasteiger partial charge is 0.251 e. The molecule has 0 aliphatic heterocycles. The third kappa shape index (κ3) is 4.32. The number of hydrogen-bond acceptors (Lipinski definition) is 1. The van der Waals surface area contributed by atoms with Crippen LogP contribution in [0.2, 0.25) is 0 Å². The third-order valence-electron chi connectivity index (χ3n) is 3.94. The van der Waals surface area contributed by atoms with Crippen molar-refractivity contribution in [1.82, 2.24) is 5.32 Å². The molecule has 1 aliphatic rings. The van der Waals surface area contributed by atoms with Crippen molar-refractivity contribution in [3.8, 4) is 0 Å². The fourth-order valence-electron chi connectivity index (χ4n) is 2.71. The van der Waals surface area contributed by atoms with Crippen molar-refractivity contribution in [3.63, 3.8) is 0 Å². The molecule has 0 aromatic heterocycles. The zero-order valence-corrected chi connectivity index (χ0v) is 14.3. The van der Waals surface area contributed by atoms with Gasteiger partial charge < -0.3 is 5.32 Å². The second-order valence-electron chi connectivity index (χ2n) is 5.39. The average Bonchev–Trinajstić information content (AvgIpc) is 2.36. The Bertz CT molecular complexity index is 441. The lowest BCUT2D eigenvalue weighted by Crippen LogP contribution is -2.33. The molecule has 0 spiro atoms. The van der Waals surface area contributed by atoms with E-state index in [9.17, 15) is 4.79 Å². The molecular weight excluding hydrogens is 370 g/mol. The molecule has 0 radical (unpaired) electrons. The maximum absolute atomic E-state index is 12.1. The van der Waals surface area contributed by atoms with Gasteiger partial charge in [0, 0.05) is 21.1 Å². The minimum absolute atomic E-state index is 0.0137. The lowest BCUT2D eigenvalue weighted by molar-refractivity contribution is 0.0936. The van der Waals surface area contributed by atoms with Crippen molar-refractivity contribution in [2.45, 2.75) is 32.6 Å². The van der Waals surface area contributed by atoms with Gasteiger partial charge >= 0.3 is 0 Å². The topological polar surface area (TPSA) is 29.1 Å². The summed E-state index contributed by atoms with van der Waals surface area (Å²) < 4.78 is 1.83. The fraction of sp³-hybridized carbons (Fsp3) is 0.533. The molecule has 1 aromatic rings. The molecule has 0 heterocycles. The highest BCUT2D eigenvalue weighted by Gasteiger charge is 2.21. The minimum Gasteiger partial charge on any atom is -0.352 e. The molecule has 1 N–H and O–H groups in total. The largest absolute Gasteiger partial charge is 0.352 e. The molecule has 1 aromatic carbocycles. The van der Waals surface area contributed by atoms with Crippen molar-refractivity contribution in [3.05, 3.63) is 32.7 Å². The van der Waals surface area contributed by atoms with Crippen LogP contribution in [0.5, 0.6) is 0 Å². The summed E-state index contributed by atoms with van der Waals surface area (Å²) in [5, 5.41) is 3.07. The van der Waals surface area contributed by atoms with Crippen LogP contribution in [0.3, 0.4) is 0 Å². The van der Waals surface area contributed by atoms with Crippen LogP contribution < -0.4 is 5.32 Å². The first kappa shape index (κ1) is 15.0. The molecule has 0 bridgehead atoms. The Morgan fingerprint density at radius 3 is 2.47 bits per heavy atom. The molecule has 19 heavy (non-hydrogen) atoms. The molecule has 104 valence electrons. The van der Waals surface area contributed by atoms with E-state index < -0.39 is 0 Å². The first-order valence-electron chi connectivity index (χ1n) is 6.80. The second kappa shape index (κ2) is 6.89. The number of rotatable bonds is 3. The van der Waals surface area contributed by atoms with E-state index >= 15 is 0 Å². The van der Waals surface area contributed by atoms with Gasteiger partial charge in [-0.1, -0.05) is 58.0 Å². The predicted octanol–water partition coefficient (Wildman–Crippen LogP) is 4.77. The molecule has 1 amide bonds. The van der Waals surface area contributed by atoms with Gasteiger partial charge in [0.25, 0.3) is 5.91 Å². The number of nitrogens with one attached hydrogen (secondary N) is 1. The number of amides is 1. The Labute approximate surface area is 131 Å².